The number of fused-ring (bicyclic) bond motifs is 1. The molecule has 5 rings (SSSR count). The van der Waals surface area contributed by atoms with E-state index >= 15 is 0 Å². The van der Waals surface area contributed by atoms with Crippen LogP contribution < -0.4 is 5.32 Å². The molecule has 2 bridgehead atoms. The van der Waals surface area contributed by atoms with Crippen LogP contribution in [0.3, 0.4) is 0 Å². The average molecular weight is 501 g/mol. The highest BCUT2D eigenvalue weighted by atomic mass is 32.2. The highest BCUT2D eigenvalue weighted by molar-refractivity contribution is 8.02. The minimum Gasteiger partial charge on any atom is -0.466 e. The molecule has 2 unspecified atom stereocenters. The number of benzene rings is 1. The molecule has 4 fully saturated rings. The lowest BCUT2D eigenvalue weighted by molar-refractivity contribution is -0.154. The predicted molar refractivity (Wildman–Crippen MR) is 134 cm³/mol. The number of amides is 2. The fourth-order valence-corrected chi connectivity index (χ4v) is 9.15. The van der Waals surface area contributed by atoms with Crippen molar-refractivity contribution in [3.05, 3.63) is 35.9 Å². The standard InChI is InChI=1S/C27H36N2O5S/c1-2-34-26(33)21-20-13-14-27(35-20)22(21)25(32)29(19(16-30)15-17-9-5-3-6-10-17)23(27)24(31)28-18-11-7-4-8-12-18/h3,5-6,9-10,18-23,30H,2,4,7-8,11-16H2,1H3,(H,28,31)/t19-,20-,21+,22+,23?,27?/m1/s1. The van der Waals surface area contributed by atoms with E-state index in [0.717, 1.165) is 44.1 Å². The third-order valence-corrected chi connectivity index (χ3v) is 10.4. The van der Waals surface area contributed by atoms with Crippen molar-refractivity contribution in [3.63, 3.8) is 0 Å². The Hall–Kier alpha value is -2.06. The van der Waals surface area contributed by atoms with Crippen LogP contribution >= 0.6 is 11.8 Å². The summed E-state index contributed by atoms with van der Waals surface area (Å²) in [6, 6.07) is 8.64. The summed E-state index contributed by atoms with van der Waals surface area (Å²) in [5, 5.41) is 13.7. The van der Waals surface area contributed by atoms with Crippen molar-refractivity contribution in [3.8, 4) is 0 Å². The second-order valence-corrected chi connectivity index (χ2v) is 12.0. The molecule has 1 aliphatic carbocycles. The van der Waals surface area contributed by atoms with E-state index in [1.807, 2.05) is 30.3 Å². The van der Waals surface area contributed by atoms with Crippen LogP contribution in [0.4, 0.5) is 0 Å². The molecule has 3 aliphatic heterocycles. The molecular weight excluding hydrogens is 464 g/mol. The number of carbonyl (C=O) groups excluding carboxylic acids is 3. The molecule has 2 amide bonds. The van der Waals surface area contributed by atoms with Gasteiger partial charge >= 0.3 is 5.97 Å². The lowest BCUT2D eigenvalue weighted by atomic mass is 9.71. The maximum absolute atomic E-state index is 14.1. The minimum atomic E-state index is -0.697. The zero-order valence-electron chi connectivity index (χ0n) is 20.4. The van der Waals surface area contributed by atoms with Gasteiger partial charge in [0.2, 0.25) is 11.8 Å². The molecule has 7 nitrogen and oxygen atoms in total. The number of likely N-dealkylation sites (tertiary alicyclic amines) is 1. The highest BCUT2D eigenvalue weighted by Gasteiger charge is 2.74. The van der Waals surface area contributed by atoms with Gasteiger partial charge < -0.3 is 20.1 Å². The van der Waals surface area contributed by atoms with Gasteiger partial charge in [-0.3, -0.25) is 14.4 Å². The van der Waals surface area contributed by atoms with E-state index < -0.39 is 28.7 Å². The number of esters is 1. The van der Waals surface area contributed by atoms with Gasteiger partial charge in [0.05, 0.1) is 35.8 Å². The van der Waals surface area contributed by atoms with Crippen molar-refractivity contribution in [2.24, 2.45) is 11.8 Å². The van der Waals surface area contributed by atoms with Gasteiger partial charge in [-0.15, -0.1) is 11.8 Å². The van der Waals surface area contributed by atoms with Gasteiger partial charge in [0.1, 0.15) is 6.04 Å². The molecule has 2 N–H and O–H groups in total. The van der Waals surface area contributed by atoms with E-state index in [4.69, 9.17) is 4.74 Å². The van der Waals surface area contributed by atoms with Crippen LogP contribution in [0.15, 0.2) is 30.3 Å². The first kappa shape index (κ1) is 24.6. The Labute approximate surface area is 211 Å². The molecule has 3 heterocycles. The third kappa shape index (κ3) is 4.26. The molecular formula is C27H36N2O5S. The number of aliphatic hydroxyl groups excluding tert-OH is 1. The van der Waals surface area contributed by atoms with E-state index in [-0.39, 0.29) is 42.3 Å². The maximum Gasteiger partial charge on any atom is 0.310 e. The molecule has 3 saturated heterocycles. The normalized spacial score (nSPS) is 33.0. The first-order valence-electron chi connectivity index (χ1n) is 13.1. The SMILES string of the molecule is CCOC(=O)[C@@H]1[C@H]2C(=O)N([C@@H](CO)Cc3ccccc3)C(C(=O)NC3CCCCC3)C23CC[C@H]1S3. The highest BCUT2D eigenvalue weighted by Crippen LogP contribution is 2.66. The van der Waals surface area contributed by atoms with Gasteiger partial charge in [-0.1, -0.05) is 49.6 Å². The first-order chi connectivity index (χ1) is 17.0. The van der Waals surface area contributed by atoms with Gasteiger partial charge in [0.25, 0.3) is 0 Å². The third-order valence-electron chi connectivity index (χ3n) is 8.41. The Balaban J connectivity index is 1.50. The number of aliphatic hydroxyl groups is 1. The van der Waals surface area contributed by atoms with E-state index in [1.165, 1.54) is 6.42 Å². The Bertz CT molecular complexity index is 952. The van der Waals surface area contributed by atoms with Crippen molar-refractivity contribution in [2.45, 2.75) is 86.4 Å². The maximum atomic E-state index is 14.1. The van der Waals surface area contributed by atoms with Crippen molar-refractivity contribution in [1.29, 1.82) is 0 Å². The van der Waals surface area contributed by atoms with Crippen LogP contribution in [0.25, 0.3) is 0 Å². The number of rotatable bonds is 8. The van der Waals surface area contributed by atoms with Crippen LogP contribution in [0, 0.1) is 11.8 Å². The van der Waals surface area contributed by atoms with Crippen molar-refractivity contribution >= 4 is 29.5 Å². The number of ether oxygens (including phenoxy) is 1. The fraction of sp³-hybridized carbons (Fsp3) is 0.667. The zero-order chi connectivity index (χ0) is 24.6. The molecule has 8 heteroatoms. The summed E-state index contributed by atoms with van der Waals surface area (Å²) in [5.41, 5.74) is 0.999. The van der Waals surface area contributed by atoms with Gasteiger partial charge in [-0.25, -0.2) is 0 Å². The smallest absolute Gasteiger partial charge is 0.310 e. The molecule has 1 spiro atoms. The monoisotopic (exact) mass is 500 g/mol. The van der Waals surface area contributed by atoms with Gasteiger partial charge in [0, 0.05) is 11.3 Å². The van der Waals surface area contributed by atoms with Gasteiger partial charge in [0.15, 0.2) is 0 Å². The Morgan fingerprint density at radius 3 is 2.63 bits per heavy atom. The topological polar surface area (TPSA) is 95.9 Å². The van der Waals surface area contributed by atoms with Crippen LogP contribution in [-0.2, 0) is 25.5 Å². The summed E-state index contributed by atoms with van der Waals surface area (Å²) in [4.78, 5) is 42.7. The summed E-state index contributed by atoms with van der Waals surface area (Å²) in [5.74, 6) is -1.76. The largest absolute Gasteiger partial charge is 0.466 e. The first-order valence-corrected chi connectivity index (χ1v) is 14.0. The summed E-state index contributed by atoms with van der Waals surface area (Å²) < 4.78 is 4.74. The number of hydrogen-bond acceptors (Lipinski definition) is 6. The summed E-state index contributed by atoms with van der Waals surface area (Å²) in [6.45, 7) is 1.80. The average Bonchev–Trinajstić information content (AvgIpc) is 3.51. The van der Waals surface area contributed by atoms with E-state index in [1.54, 1.807) is 23.6 Å². The number of nitrogens with zero attached hydrogens (tertiary/aromatic N) is 1. The van der Waals surface area contributed by atoms with Crippen molar-refractivity contribution in [1.82, 2.24) is 10.2 Å². The fourth-order valence-electron chi connectivity index (χ4n) is 6.95. The minimum absolute atomic E-state index is 0.00293. The number of thioether (sulfide) groups is 1. The summed E-state index contributed by atoms with van der Waals surface area (Å²) in [6.07, 6.45) is 7.27. The molecule has 1 aromatic carbocycles. The van der Waals surface area contributed by atoms with Gasteiger partial charge in [-0.2, -0.15) is 0 Å². The van der Waals surface area contributed by atoms with E-state index in [2.05, 4.69) is 5.32 Å². The molecule has 190 valence electrons. The second-order valence-electron chi connectivity index (χ2n) is 10.4. The molecule has 4 aliphatic rings. The summed E-state index contributed by atoms with van der Waals surface area (Å²) in [7, 11) is 0. The van der Waals surface area contributed by atoms with Gasteiger partial charge in [-0.05, 0) is 44.6 Å². The lowest BCUT2D eigenvalue weighted by Gasteiger charge is -2.38. The number of hydrogen-bond donors (Lipinski definition) is 2. The molecule has 1 saturated carbocycles. The Morgan fingerprint density at radius 1 is 1.20 bits per heavy atom. The molecule has 6 atom stereocenters. The van der Waals surface area contributed by atoms with Crippen LogP contribution in [0.2, 0.25) is 0 Å². The van der Waals surface area contributed by atoms with Crippen LogP contribution in [-0.4, -0.2) is 69.1 Å². The number of carbonyl (C=O) groups is 3. The van der Waals surface area contributed by atoms with E-state index in [0.29, 0.717) is 6.42 Å². The molecule has 0 radical (unpaired) electrons. The molecule has 0 aromatic heterocycles. The van der Waals surface area contributed by atoms with E-state index in [9.17, 15) is 19.5 Å². The van der Waals surface area contributed by atoms with Crippen molar-refractivity contribution < 1.29 is 24.2 Å². The number of nitrogens with one attached hydrogen (secondary N) is 1. The second kappa shape index (κ2) is 10.1. The van der Waals surface area contributed by atoms with Crippen LogP contribution in [0.5, 0.6) is 0 Å². The summed E-state index contributed by atoms with van der Waals surface area (Å²) >= 11 is 1.65. The van der Waals surface area contributed by atoms with Crippen molar-refractivity contribution in [2.75, 3.05) is 13.2 Å². The Kier molecular flexibility index (Phi) is 7.13. The Morgan fingerprint density at radius 2 is 1.94 bits per heavy atom. The quantitative estimate of drug-likeness (QED) is 0.533. The molecule has 35 heavy (non-hydrogen) atoms. The zero-order valence-corrected chi connectivity index (χ0v) is 21.2. The predicted octanol–water partition coefficient (Wildman–Crippen LogP) is 2.69. The lowest BCUT2D eigenvalue weighted by Crippen LogP contribution is -2.58. The van der Waals surface area contributed by atoms with Crippen LogP contribution in [0.1, 0.15) is 57.4 Å². The molecule has 1 aromatic rings.